The molecule has 0 N–H and O–H groups in total. The molecule has 78 valence electrons. The zero-order chi connectivity index (χ0) is 10.3. The van der Waals surface area contributed by atoms with Crippen LogP contribution in [0.1, 0.15) is 52.9 Å². The lowest BCUT2D eigenvalue weighted by Gasteiger charge is -2.22. The summed E-state index contributed by atoms with van der Waals surface area (Å²) < 4.78 is 5.24. The summed E-state index contributed by atoms with van der Waals surface area (Å²) in [4.78, 5) is 11.3. The minimum absolute atomic E-state index is 0.151. The molecule has 0 aliphatic rings. The highest BCUT2D eigenvalue weighted by Crippen LogP contribution is 2.16. The summed E-state index contributed by atoms with van der Waals surface area (Å²) in [5.41, 5.74) is -0.151. The number of ether oxygens (including phenoxy) is 1. The van der Waals surface area contributed by atoms with E-state index >= 15 is 0 Å². The predicted octanol–water partition coefficient (Wildman–Crippen LogP) is 2.95. The summed E-state index contributed by atoms with van der Waals surface area (Å²) in [7, 11) is 1.69. The lowest BCUT2D eigenvalue weighted by Crippen LogP contribution is -2.23. The van der Waals surface area contributed by atoms with Gasteiger partial charge in [-0.2, -0.15) is 0 Å². The Hall–Kier alpha value is -0.370. The van der Waals surface area contributed by atoms with Crippen molar-refractivity contribution in [2.24, 2.45) is 0 Å². The molecular formula is C11H22O2. The molecule has 0 spiro atoms. The Kier molecular flexibility index (Phi) is 5.97. The zero-order valence-corrected chi connectivity index (χ0v) is 9.35. The third-order valence-electron chi connectivity index (χ3n) is 2.37. The van der Waals surface area contributed by atoms with Gasteiger partial charge in [0.1, 0.15) is 5.78 Å². The van der Waals surface area contributed by atoms with Crippen molar-refractivity contribution in [3.63, 3.8) is 0 Å². The maximum absolute atomic E-state index is 11.3. The average molecular weight is 186 g/mol. The molecule has 2 nitrogen and oxygen atoms in total. The SMILES string of the molecule is CCCCC(=O)CCC(C)(C)OC. The highest BCUT2D eigenvalue weighted by Gasteiger charge is 2.17. The van der Waals surface area contributed by atoms with Gasteiger partial charge in [-0.25, -0.2) is 0 Å². The summed E-state index contributed by atoms with van der Waals surface area (Å²) >= 11 is 0. The Morgan fingerprint density at radius 1 is 1.31 bits per heavy atom. The summed E-state index contributed by atoms with van der Waals surface area (Å²) in [5.74, 6) is 0.368. The van der Waals surface area contributed by atoms with Crippen LogP contribution >= 0.6 is 0 Å². The van der Waals surface area contributed by atoms with Crippen LogP contribution in [0.2, 0.25) is 0 Å². The third-order valence-corrected chi connectivity index (χ3v) is 2.37. The van der Waals surface area contributed by atoms with Crippen LogP contribution in [0.15, 0.2) is 0 Å². The smallest absolute Gasteiger partial charge is 0.133 e. The summed E-state index contributed by atoms with van der Waals surface area (Å²) in [5, 5.41) is 0. The quantitative estimate of drug-likeness (QED) is 0.611. The first-order chi connectivity index (χ1) is 6.02. The minimum atomic E-state index is -0.151. The molecule has 0 saturated heterocycles. The topological polar surface area (TPSA) is 26.3 Å². The van der Waals surface area contributed by atoms with Gasteiger partial charge in [-0.15, -0.1) is 0 Å². The lowest BCUT2D eigenvalue weighted by atomic mass is 9.99. The van der Waals surface area contributed by atoms with Crippen LogP contribution in [0.25, 0.3) is 0 Å². The van der Waals surface area contributed by atoms with E-state index in [1.165, 1.54) is 0 Å². The normalized spacial score (nSPS) is 11.7. The van der Waals surface area contributed by atoms with Gasteiger partial charge in [-0.1, -0.05) is 13.3 Å². The Morgan fingerprint density at radius 2 is 1.92 bits per heavy atom. The van der Waals surface area contributed by atoms with Crippen LogP contribution in [0.4, 0.5) is 0 Å². The average Bonchev–Trinajstić information content (AvgIpc) is 2.11. The van der Waals surface area contributed by atoms with Gasteiger partial charge < -0.3 is 4.74 Å². The molecule has 0 heterocycles. The van der Waals surface area contributed by atoms with Crippen molar-refractivity contribution in [2.75, 3.05) is 7.11 Å². The minimum Gasteiger partial charge on any atom is -0.379 e. The molecule has 0 aliphatic carbocycles. The van der Waals surface area contributed by atoms with Gasteiger partial charge in [0.25, 0.3) is 0 Å². The molecular weight excluding hydrogens is 164 g/mol. The van der Waals surface area contributed by atoms with Gasteiger partial charge in [-0.3, -0.25) is 4.79 Å². The van der Waals surface area contributed by atoms with Crippen molar-refractivity contribution in [1.29, 1.82) is 0 Å². The lowest BCUT2D eigenvalue weighted by molar-refractivity contribution is -0.120. The Balaban J connectivity index is 3.57. The molecule has 0 amide bonds. The fourth-order valence-corrected chi connectivity index (χ4v) is 1.04. The van der Waals surface area contributed by atoms with Gasteiger partial charge >= 0.3 is 0 Å². The zero-order valence-electron chi connectivity index (χ0n) is 9.35. The fourth-order valence-electron chi connectivity index (χ4n) is 1.04. The van der Waals surface area contributed by atoms with Crippen LogP contribution < -0.4 is 0 Å². The largest absolute Gasteiger partial charge is 0.379 e. The molecule has 0 atom stereocenters. The summed E-state index contributed by atoms with van der Waals surface area (Å²) in [6.07, 6.45) is 4.33. The fraction of sp³-hybridized carbons (Fsp3) is 0.909. The number of hydrogen-bond donors (Lipinski definition) is 0. The van der Waals surface area contributed by atoms with Crippen molar-refractivity contribution in [2.45, 2.75) is 58.5 Å². The van der Waals surface area contributed by atoms with Crippen molar-refractivity contribution in [3.05, 3.63) is 0 Å². The molecule has 0 rings (SSSR count). The van der Waals surface area contributed by atoms with Crippen molar-refractivity contribution >= 4 is 5.78 Å². The van der Waals surface area contributed by atoms with Crippen molar-refractivity contribution in [1.82, 2.24) is 0 Å². The second-order valence-electron chi connectivity index (χ2n) is 4.11. The maximum Gasteiger partial charge on any atom is 0.133 e. The summed E-state index contributed by atoms with van der Waals surface area (Å²) in [6, 6.07) is 0. The van der Waals surface area contributed by atoms with E-state index in [1.807, 2.05) is 13.8 Å². The maximum atomic E-state index is 11.3. The number of rotatable bonds is 7. The number of carbonyl (C=O) groups excluding carboxylic acids is 1. The molecule has 0 saturated carbocycles. The van der Waals surface area contributed by atoms with Crippen LogP contribution in [0.5, 0.6) is 0 Å². The number of Topliss-reactive ketones (excluding diaryl/α,β-unsaturated/α-hetero) is 1. The molecule has 0 aromatic carbocycles. The van der Waals surface area contributed by atoms with Crippen LogP contribution in [0.3, 0.4) is 0 Å². The van der Waals surface area contributed by atoms with E-state index in [9.17, 15) is 4.79 Å². The second-order valence-corrected chi connectivity index (χ2v) is 4.11. The standard InChI is InChI=1S/C11H22O2/c1-5-6-7-10(12)8-9-11(2,3)13-4/h5-9H2,1-4H3. The van der Waals surface area contributed by atoms with E-state index in [1.54, 1.807) is 7.11 Å². The van der Waals surface area contributed by atoms with E-state index in [0.717, 1.165) is 25.7 Å². The number of hydrogen-bond acceptors (Lipinski definition) is 2. The van der Waals surface area contributed by atoms with E-state index in [2.05, 4.69) is 6.92 Å². The Bertz CT molecular complexity index is 150. The van der Waals surface area contributed by atoms with Crippen molar-refractivity contribution < 1.29 is 9.53 Å². The van der Waals surface area contributed by atoms with Gasteiger partial charge in [0.15, 0.2) is 0 Å². The van der Waals surface area contributed by atoms with E-state index in [4.69, 9.17) is 4.74 Å². The van der Waals surface area contributed by atoms with Gasteiger partial charge in [0.05, 0.1) is 5.60 Å². The Labute approximate surface area is 81.7 Å². The first kappa shape index (κ1) is 12.6. The first-order valence-corrected chi connectivity index (χ1v) is 5.08. The highest BCUT2D eigenvalue weighted by atomic mass is 16.5. The molecule has 2 heteroatoms. The highest BCUT2D eigenvalue weighted by molar-refractivity contribution is 5.78. The van der Waals surface area contributed by atoms with E-state index in [-0.39, 0.29) is 5.60 Å². The third kappa shape index (κ3) is 6.76. The number of unbranched alkanes of at least 4 members (excludes halogenated alkanes) is 1. The van der Waals surface area contributed by atoms with Crippen LogP contribution in [-0.2, 0) is 9.53 Å². The molecule has 0 aliphatic heterocycles. The molecule has 0 radical (unpaired) electrons. The number of methoxy groups -OCH3 is 1. The Morgan fingerprint density at radius 3 is 2.38 bits per heavy atom. The molecule has 0 unspecified atom stereocenters. The monoisotopic (exact) mass is 186 g/mol. The van der Waals surface area contributed by atoms with Crippen molar-refractivity contribution in [3.8, 4) is 0 Å². The molecule has 0 aromatic heterocycles. The summed E-state index contributed by atoms with van der Waals surface area (Å²) in [6.45, 7) is 6.13. The van der Waals surface area contributed by atoms with Crippen LogP contribution in [-0.4, -0.2) is 18.5 Å². The molecule has 0 bridgehead atoms. The van der Waals surface area contributed by atoms with E-state index in [0.29, 0.717) is 12.2 Å². The number of ketones is 1. The van der Waals surface area contributed by atoms with Gasteiger partial charge in [-0.05, 0) is 26.7 Å². The predicted molar refractivity (Wildman–Crippen MR) is 54.9 cm³/mol. The molecule has 13 heavy (non-hydrogen) atoms. The van der Waals surface area contributed by atoms with Gasteiger partial charge in [0, 0.05) is 20.0 Å². The first-order valence-electron chi connectivity index (χ1n) is 5.08. The molecule has 0 fully saturated rings. The van der Waals surface area contributed by atoms with E-state index < -0.39 is 0 Å². The van der Waals surface area contributed by atoms with Gasteiger partial charge in [0.2, 0.25) is 0 Å². The number of carbonyl (C=O) groups is 1. The van der Waals surface area contributed by atoms with Crippen LogP contribution in [0, 0.1) is 0 Å². The molecule has 0 aromatic rings. The second kappa shape index (κ2) is 6.14.